The second-order valence-electron chi connectivity index (χ2n) is 7.58. The first-order valence-corrected chi connectivity index (χ1v) is 10.6. The Bertz CT molecular complexity index is 1180. The van der Waals surface area contributed by atoms with Gasteiger partial charge in [0.15, 0.2) is 0 Å². The summed E-state index contributed by atoms with van der Waals surface area (Å²) in [6, 6.07) is 30.6. The van der Waals surface area contributed by atoms with E-state index in [1.807, 2.05) is 72.8 Å². The van der Waals surface area contributed by atoms with Crippen LogP contribution in [0, 0.1) is 0 Å². The van der Waals surface area contributed by atoms with E-state index in [1.54, 1.807) is 24.3 Å². The molecule has 0 heterocycles. The molecule has 0 radical (unpaired) electrons. The average Bonchev–Trinajstić information content (AvgIpc) is 2.85. The van der Waals surface area contributed by atoms with Crippen LogP contribution in [0.1, 0.15) is 22.3 Å². The van der Waals surface area contributed by atoms with Gasteiger partial charge in [-0.1, -0.05) is 48.5 Å². The van der Waals surface area contributed by atoms with Gasteiger partial charge >= 0.3 is 0 Å². The molecule has 34 heavy (non-hydrogen) atoms. The Morgan fingerprint density at radius 2 is 0.735 bits per heavy atom. The highest BCUT2D eigenvalue weighted by molar-refractivity contribution is 5.51. The Hall–Kier alpha value is -4.76. The predicted octanol–water partition coefficient (Wildman–Crippen LogP) is 5.65. The highest BCUT2D eigenvalue weighted by atomic mass is 16.1. The maximum absolute atomic E-state index is 10.1. The number of anilines is 2. The fourth-order valence-electron chi connectivity index (χ4n) is 3.22. The number of nitrogens with two attached hydrogens (primary N) is 2. The van der Waals surface area contributed by atoms with Crippen LogP contribution in [0.4, 0.5) is 22.7 Å². The molecule has 4 aromatic carbocycles. The summed E-state index contributed by atoms with van der Waals surface area (Å²) in [5.41, 5.74) is 18.8. The van der Waals surface area contributed by atoms with Crippen molar-refractivity contribution in [2.75, 3.05) is 11.5 Å². The molecule has 0 unspecified atom stereocenters. The maximum Gasteiger partial charge on any atom is 0.240 e. The quantitative estimate of drug-likeness (QED) is 0.225. The van der Waals surface area contributed by atoms with Gasteiger partial charge in [0.25, 0.3) is 0 Å². The topological polar surface area (TPSA) is 111 Å². The summed E-state index contributed by atoms with van der Waals surface area (Å²) in [6.45, 7) is 0. The average molecular weight is 449 g/mol. The smallest absolute Gasteiger partial charge is 0.240 e. The largest absolute Gasteiger partial charge is 0.399 e. The van der Waals surface area contributed by atoms with Crippen LogP contribution in [0.3, 0.4) is 0 Å². The van der Waals surface area contributed by atoms with Gasteiger partial charge in [-0.05, 0) is 83.6 Å². The van der Waals surface area contributed by atoms with Gasteiger partial charge in [-0.2, -0.15) is 9.98 Å². The van der Waals surface area contributed by atoms with Crippen LogP contribution in [-0.2, 0) is 22.4 Å². The van der Waals surface area contributed by atoms with Gasteiger partial charge in [-0.25, -0.2) is 9.59 Å². The van der Waals surface area contributed by atoms with E-state index < -0.39 is 0 Å². The van der Waals surface area contributed by atoms with E-state index in [0.29, 0.717) is 11.4 Å². The molecule has 4 aromatic rings. The Morgan fingerprint density at radius 3 is 1.00 bits per heavy atom. The van der Waals surface area contributed by atoms with Crippen molar-refractivity contribution in [3.05, 3.63) is 119 Å². The van der Waals surface area contributed by atoms with Crippen molar-refractivity contribution in [3.63, 3.8) is 0 Å². The molecule has 0 bridgehead atoms. The van der Waals surface area contributed by atoms with Crippen LogP contribution in [0.5, 0.6) is 0 Å². The van der Waals surface area contributed by atoms with E-state index in [1.165, 1.54) is 23.3 Å². The lowest BCUT2D eigenvalue weighted by atomic mass is 10.0. The summed E-state index contributed by atoms with van der Waals surface area (Å²) in [6.07, 6.45) is 4.69. The van der Waals surface area contributed by atoms with Crippen LogP contribution in [0.2, 0.25) is 0 Å². The number of nitrogens with zero attached hydrogens (tertiary/aromatic N) is 2. The van der Waals surface area contributed by atoms with Crippen molar-refractivity contribution in [1.82, 2.24) is 0 Å². The summed E-state index contributed by atoms with van der Waals surface area (Å²) >= 11 is 0. The monoisotopic (exact) mass is 448 g/mol. The zero-order valence-corrected chi connectivity index (χ0v) is 18.5. The maximum atomic E-state index is 10.1. The third kappa shape index (κ3) is 7.74. The molecular weight excluding hydrogens is 424 g/mol. The molecule has 4 rings (SSSR count). The van der Waals surface area contributed by atoms with E-state index in [4.69, 9.17) is 11.5 Å². The first-order valence-electron chi connectivity index (χ1n) is 10.6. The number of hydrogen-bond acceptors (Lipinski definition) is 6. The molecule has 6 nitrogen and oxygen atoms in total. The van der Waals surface area contributed by atoms with Crippen molar-refractivity contribution < 1.29 is 9.59 Å². The van der Waals surface area contributed by atoms with Crippen molar-refractivity contribution in [2.24, 2.45) is 9.98 Å². The minimum atomic E-state index is 0.592. The SMILES string of the molecule is Nc1ccc(Cc2ccc(N)cc2)cc1.O=C=Nc1ccc(Cc2ccc(N=C=O)cc2)cc1. The number of carbonyl (C=O) groups excluding carboxylic acids is 2. The molecule has 0 atom stereocenters. The molecule has 0 fully saturated rings. The van der Waals surface area contributed by atoms with E-state index in [9.17, 15) is 9.59 Å². The molecule has 0 saturated carbocycles. The second kappa shape index (κ2) is 12.3. The van der Waals surface area contributed by atoms with E-state index in [-0.39, 0.29) is 0 Å². The highest BCUT2D eigenvalue weighted by Crippen LogP contribution is 2.18. The molecule has 0 aliphatic carbocycles. The van der Waals surface area contributed by atoms with E-state index in [2.05, 4.69) is 9.98 Å². The molecule has 168 valence electrons. The zero-order valence-electron chi connectivity index (χ0n) is 18.5. The number of aliphatic imine (C=N–C) groups is 2. The van der Waals surface area contributed by atoms with Gasteiger partial charge in [-0.15, -0.1) is 0 Å². The molecule has 6 heteroatoms. The van der Waals surface area contributed by atoms with Crippen LogP contribution < -0.4 is 11.5 Å². The fourth-order valence-corrected chi connectivity index (χ4v) is 3.22. The Balaban J connectivity index is 0.000000196. The van der Waals surface area contributed by atoms with Crippen LogP contribution >= 0.6 is 0 Å². The molecule has 4 N–H and O–H groups in total. The lowest BCUT2D eigenvalue weighted by Gasteiger charge is -2.02. The number of nitrogen functional groups attached to an aromatic ring is 2. The molecule has 0 amide bonds. The lowest BCUT2D eigenvalue weighted by Crippen LogP contribution is -1.90. The van der Waals surface area contributed by atoms with Gasteiger partial charge in [-0.3, -0.25) is 0 Å². The molecule has 0 aliphatic heterocycles. The minimum absolute atomic E-state index is 0.592. The fraction of sp³-hybridized carbons (Fsp3) is 0.0714. The first-order chi connectivity index (χ1) is 16.6. The molecule has 0 aliphatic rings. The Kier molecular flexibility index (Phi) is 8.66. The van der Waals surface area contributed by atoms with Gasteiger partial charge in [0, 0.05) is 11.4 Å². The molecule has 0 saturated heterocycles. The summed E-state index contributed by atoms with van der Waals surface area (Å²) in [4.78, 5) is 27.3. The zero-order chi connectivity index (χ0) is 24.2. The first kappa shape index (κ1) is 23.9. The number of rotatable bonds is 6. The van der Waals surface area contributed by atoms with Crippen LogP contribution in [0.25, 0.3) is 0 Å². The van der Waals surface area contributed by atoms with Crippen molar-refractivity contribution in [3.8, 4) is 0 Å². The third-order valence-electron chi connectivity index (χ3n) is 5.00. The summed E-state index contributed by atoms with van der Waals surface area (Å²) < 4.78 is 0. The normalized spacial score (nSPS) is 9.65. The summed E-state index contributed by atoms with van der Waals surface area (Å²) in [5, 5.41) is 0. The van der Waals surface area contributed by atoms with Gasteiger partial charge in [0.2, 0.25) is 12.2 Å². The van der Waals surface area contributed by atoms with Crippen molar-refractivity contribution >= 4 is 34.9 Å². The standard InChI is InChI=1S/C15H10N2O2.C13H14N2/c18-10-16-14-5-1-12(2-6-14)9-13-3-7-15(8-4-13)17-11-19;14-12-5-1-10(2-6-12)9-11-3-7-13(15)8-4-11/h1-8H,9H2;1-8H,9,14-15H2. The molecular formula is C28H24N4O2. The van der Waals surface area contributed by atoms with Crippen LogP contribution in [-0.4, -0.2) is 12.2 Å². The van der Waals surface area contributed by atoms with Crippen molar-refractivity contribution in [1.29, 1.82) is 0 Å². The lowest BCUT2D eigenvalue weighted by molar-refractivity contribution is 0.564. The minimum Gasteiger partial charge on any atom is -0.399 e. The Morgan fingerprint density at radius 1 is 0.471 bits per heavy atom. The number of benzene rings is 4. The summed E-state index contributed by atoms with van der Waals surface area (Å²) in [5.74, 6) is 0. The number of isocyanates is 2. The van der Waals surface area contributed by atoms with Gasteiger partial charge in [0.05, 0.1) is 11.4 Å². The van der Waals surface area contributed by atoms with E-state index >= 15 is 0 Å². The van der Waals surface area contributed by atoms with E-state index in [0.717, 1.165) is 35.3 Å². The molecule has 0 aromatic heterocycles. The summed E-state index contributed by atoms with van der Waals surface area (Å²) in [7, 11) is 0. The third-order valence-corrected chi connectivity index (χ3v) is 5.00. The predicted molar refractivity (Wildman–Crippen MR) is 136 cm³/mol. The van der Waals surface area contributed by atoms with Crippen molar-refractivity contribution in [2.45, 2.75) is 12.8 Å². The molecule has 0 spiro atoms. The Labute approximate surface area is 198 Å². The highest BCUT2D eigenvalue weighted by Gasteiger charge is 1.98. The number of hydrogen-bond donors (Lipinski definition) is 2. The van der Waals surface area contributed by atoms with Gasteiger partial charge < -0.3 is 11.5 Å². The second-order valence-corrected chi connectivity index (χ2v) is 7.58. The van der Waals surface area contributed by atoms with Crippen LogP contribution in [0.15, 0.2) is 107 Å². The van der Waals surface area contributed by atoms with Gasteiger partial charge in [0.1, 0.15) is 0 Å².